The number of hydrogen-bond acceptors (Lipinski definition) is 1. The Morgan fingerprint density at radius 1 is 1.15 bits per heavy atom. The molecule has 0 N–H and O–H groups in total. The van der Waals surface area contributed by atoms with Gasteiger partial charge in [0.25, 0.3) is 0 Å². The second-order valence-corrected chi connectivity index (χ2v) is 7.58. The summed E-state index contributed by atoms with van der Waals surface area (Å²) < 4.78 is 0. The first-order chi connectivity index (χ1) is 12.3. The van der Waals surface area contributed by atoms with Crippen LogP contribution in [0.2, 0.25) is 0 Å². The predicted octanol–water partition coefficient (Wildman–Crippen LogP) is 6.77. The van der Waals surface area contributed by atoms with Gasteiger partial charge in [-0.15, -0.1) is 0 Å². The molecule has 1 aliphatic rings. The van der Waals surface area contributed by atoms with Crippen molar-refractivity contribution in [1.82, 2.24) is 0 Å². The van der Waals surface area contributed by atoms with Gasteiger partial charge in [-0.05, 0) is 35.3 Å². The molecule has 1 nitrogen and oxygen atoms in total. The molecule has 0 radical (unpaired) electrons. The molecule has 0 saturated heterocycles. The molecule has 1 aromatic rings. The molecule has 0 saturated carbocycles. The average Bonchev–Trinajstić information content (AvgIpc) is 2.50. The van der Waals surface area contributed by atoms with Crippen LogP contribution in [-0.2, 0) is 4.79 Å². The fraction of sp³-hybridized carbons (Fsp3) is 0.400. The standard InChI is InChI=1S/C17H20O.C8H12/c1-3-4-10-16(13-8-9-15(2)18)14-17-11-6-5-7-12-17;1-8(2,3)7-5-4-6-7/h5-7,11-12,14H,3-4,10,13H2,1-2H3;4-6H,1-3H3/b16-14+;. The highest BCUT2D eigenvalue weighted by Crippen LogP contribution is 2.29. The summed E-state index contributed by atoms with van der Waals surface area (Å²) in [7, 11) is 0. The summed E-state index contributed by atoms with van der Waals surface area (Å²) in [5, 5.41) is 0. The summed E-state index contributed by atoms with van der Waals surface area (Å²) in [5.41, 5.74) is 4.33. The van der Waals surface area contributed by atoms with Crippen LogP contribution < -0.4 is 0 Å². The third-order valence-electron chi connectivity index (χ3n) is 4.02. The summed E-state index contributed by atoms with van der Waals surface area (Å²) in [6.07, 6.45) is 12.7. The minimum absolute atomic E-state index is 0.0652. The molecule has 0 aromatic heterocycles. The molecule has 1 heteroatoms. The molecule has 0 amide bonds. The lowest BCUT2D eigenvalue weighted by Crippen LogP contribution is -2.09. The van der Waals surface area contributed by atoms with Crippen LogP contribution in [0.4, 0.5) is 0 Å². The molecular formula is C25H32O. The maximum atomic E-state index is 10.8. The molecule has 0 spiro atoms. The molecule has 0 heterocycles. The van der Waals surface area contributed by atoms with E-state index in [0.717, 1.165) is 6.42 Å². The Kier molecular flexibility index (Phi) is 9.45. The van der Waals surface area contributed by atoms with Gasteiger partial charge in [-0.2, -0.15) is 0 Å². The van der Waals surface area contributed by atoms with Crippen LogP contribution in [0.3, 0.4) is 0 Å². The molecule has 0 fully saturated rings. The number of hydrogen-bond donors (Lipinski definition) is 0. The number of ketones is 1. The lowest BCUT2D eigenvalue weighted by Gasteiger charge is -2.23. The fourth-order valence-corrected chi connectivity index (χ4v) is 2.38. The molecule has 0 aliphatic heterocycles. The van der Waals surface area contributed by atoms with Gasteiger partial charge < -0.3 is 0 Å². The van der Waals surface area contributed by atoms with Gasteiger partial charge in [-0.3, -0.25) is 4.79 Å². The SMILES string of the molecule is CC(C)(C)C1=CC=C1.CCCC/C(=C\c1ccccc1)CC#CC(C)=O. The number of unbranched alkanes of at least 4 members (excludes halogenated alkanes) is 1. The van der Waals surface area contributed by atoms with E-state index in [0.29, 0.717) is 11.8 Å². The maximum Gasteiger partial charge on any atom is 0.202 e. The van der Waals surface area contributed by atoms with Crippen LogP contribution in [0.1, 0.15) is 65.9 Å². The summed E-state index contributed by atoms with van der Waals surface area (Å²) in [5.74, 6) is 5.49. The van der Waals surface area contributed by atoms with Crippen LogP contribution in [0.15, 0.2) is 59.7 Å². The van der Waals surface area contributed by atoms with Gasteiger partial charge in [0.1, 0.15) is 0 Å². The second kappa shape index (κ2) is 11.3. The van der Waals surface area contributed by atoms with E-state index in [1.54, 1.807) is 0 Å². The number of Topliss-reactive ketones (excluding diaryl/α,β-unsaturated/α-hetero) is 1. The average molecular weight is 349 g/mol. The largest absolute Gasteiger partial charge is 0.285 e. The van der Waals surface area contributed by atoms with Gasteiger partial charge in [0.2, 0.25) is 5.78 Å². The number of benzene rings is 1. The molecule has 0 unspecified atom stereocenters. The first-order valence-electron chi connectivity index (χ1n) is 9.45. The van der Waals surface area contributed by atoms with Gasteiger partial charge in [-0.25, -0.2) is 0 Å². The van der Waals surface area contributed by atoms with Gasteiger partial charge in [0, 0.05) is 13.3 Å². The Morgan fingerprint density at radius 3 is 2.23 bits per heavy atom. The highest BCUT2D eigenvalue weighted by molar-refractivity contribution is 5.93. The Labute approximate surface area is 159 Å². The van der Waals surface area contributed by atoms with Crippen molar-refractivity contribution < 1.29 is 4.79 Å². The first-order valence-corrected chi connectivity index (χ1v) is 9.45. The molecular weight excluding hydrogens is 316 g/mol. The van der Waals surface area contributed by atoms with Crippen molar-refractivity contribution in [2.24, 2.45) is 5.41 Å². The zero-order valence-corrected chi connectivity index (χ0v) is 16.9. The highest BCUT2D eigenvalue weighted by atomic mass is 16.1. The number of allylic oxidation sites excluding steroid dienone is 5. The molecule has 1 aromatic carbocycles. The van der Waals surface area contributed by atoms with E-state index < -0.39 is 0 Å². The second-order valence-electron chi connectivity index (χ2n) is 7.58. The Hall–Kier alpha value is -2.33. The molecule has 26 heavy (non-hydrogen) atoms. The molecule has 0 atom stereocenters. The van der Waals surface area contributed by atoms with Crippen molar-refractivity contribution in [3.8, 4) is 11.8 Å². The van der Waals surface area contributed by atoms with Crippen LogP contribution >= 0.6 is 0 Å². The summed E-state index contributed by atoms with van der Waals surface area (Å²) in [4.78, 5) is 10.8. The number of rotatable bonds is 5. The summed E-state index contributed by atoms with van der Waals surface area (Å²) in [6, 6.07) is 10.3. The van der Waals surface area contributed by atoms with Crippen molar-refractivity contribution in [3.05, 3.63) is 65.3 Å². The van der Waals surface area contributed by atoms with E-state index >= 15 is 0 Å². The van der Waals surface area contributed by atoms with Crippen LogP contribution in [0.25, 0.3) is 6.08 Å². The van der Waals surface area contributed by atoms with Gasteiger partial charge >= 0.3 is 0 Å². The van der Waals surface area contributed by atoms with Crippen LogP contribution in [-0.4, -0.2) is 5.78 Å². The van der Waals surface area contributed by atoms with Crippen molar-refractivity contribution in [2.45, 2.75) is 60.3 Å². The van der Waals surface area contributed by atoms with Gasteiger partial charge in [-0.1, -0.05) is 100 Å². The lowest BCUT2D eigenvalue weighted by atomic mass is 9.82. The Balaban J connectivity index is 0.000000350. The fourth-order valence-electron chi connectivity index (χ4n) is 2.38. The third kappa shape index (κ3) is 9.23. The Morgan fingerprint density at radius 2 is 1.81 bits per heavy atom. The van der Waals surface area contributed by atoms with Crippen LogP contribution in [0, 0.1) is 17.3 Å². The van der Waals surface area contributed by atoms with Crippen molar-refractivity contribution in [1.29, 1.82) is 0 Å². The lowest BCUT2D eigenvalue weighted by molar-refractivity contribution is -0.111. The minimum Gasteiger partial charge on any atom is -0.285 e. The minimum atomic E-state index is -0.0652. The van der Waals surface area contributed by atoms with Crippen molar-refractivity contribution in [3.63, 3.8) is 0 Å². The monoisotopic (exact) mass is 348 g/mol. The smallest absolute Gasteiger partial charge is 0.202 e. The normalized spacial score (nSPS) is 12.8. The maximum absolute atomic E-state index is 10.8. The van der Waals surface area contributed by atoms with Crippen molar-refractivity contribution in [2.75, 3.05) is 0 Å². The molecule has 2 rings (SSSR count). The van der Waals surface area contributed by atoms with E-state index in [4.69, 9.17) is 0 Å². The number of carbonyl (C=O) groups excluding carboxylic acids is 1. The quantitative estimate of drug-likeness (QED) is 0.424. The van der Waals surface area contributed by atoms with Crippen molar-refractivity contribution >= 4 is 11.9 Å². The summed E-state index contributed by atoms with van der Waals surface area (Å²) in [6.45, 7) is 10.4. The highest BCUT2D eigenvalue weighted by Gasteiger charge is 2.15. The van der Waals surface area contributed by atoms with E-state index in [9.17, 15) is 4.79 Å². The summed E-state index contributed by atoms with van der Waals surface area (Å²) >= 11 is 0. The molecule has 1 aliphatic carbocycles. The van der Waals surface area contributed by atoms with E-state index in [2.05, 4.69) is 76.0 Å². The number of carbonyl (C=O) groups is 1. The van der Waals surface area contributed by atoms with E-state index in [1.165, 1.54) is 36.5 Å². The van der Waals surface area contributed by atoms with Gasteiger partial charge in [0.05, 0.1) is 0 Å². The van der Waals surface area contributed by atoms with Crippen LogP contribution in [0.5, 0.6) is 0 Å². The third-order valence-corrected chi connectivity index (χ3v) is 4.02. The topological polar surface area (TPSA) is 17.1 Å². The first kappa shape index (κ1) is 21.7. The Bertz CT molecular complexity index is 713. The molecule has 0 bridgehead atoms. The molecule has 138 valence electrons. The zero-order chi connectivity index (χ0) is 19.4. The zero-order valence-electron chi connectivity index (χ0n) is 16.9. The predicted molar refractivity (Wildman–Crippen MR) is 114 cm³/mol. The van der Waals surface area contributed by atoms with E-state index in [1.807, 2.05) is 18.2 Å². The van der Waals surface area contributed by atoms with E-state index in [-0.39, 0.29) is 5.78 Å². The van der Waals surface area contributed by atoms with Gasteiger partial charge in [0.15, 0.2) is 0 Å².